The molecule has 0 unspecified atom stereocenters. The molecule has 2 fully saturated rings. The standard InChI is InChI=1S/C22H22Cl2N2O2S/c1-15-2-4-16(5-3-15)21(28)26-12-13-29-22(26)8-10-25(11-9-22)20(27)17-6-7-18(23)19(24)14-17/h2-7,14H,8-13H2,1H3. The Morgan fingerprint density at radius 1 is 0.897 bits per heavy atom. The van der Waals surface area contributed by atoms with Crippen molar-refractivity contribution in [2.45, 2.75) is 24.6 Å². The predicted octanol–water partition coefficient (Wildman–Crippen LogP) is 5.12. The number of aryl methyl sites for hydroxylation is 1. The van der Waals surface area contributed by atoms with Crippen molar-refractivity contribution in [2.75, 3.05) is 25.4 Å². The summed E-state index contributed by atoms with van der Waals surface area (Å²) in [5.41, 5.74) is 2.41. The number of benzene rings is 2. The Kier molecular flexibility index (Phi) is 5.83. The highest BCUT2D eigenvalue weighted by Gasteiger charge is 2.47. The molecule has 1 spiro atoms. The van der Waals surface area contributed by atoms with Crippen molar-refractivity contribution in [2.24, 2.45) is 0 Å². The molecular formula is C22H22Cl2N2O2S. The van der Waals surface area contributed by atoms with Crippen LogP contribution in [0.15, 0.2) is 42.5 Å². The van der Waals surface area contributed by atoms with Crippen molar-refractivity contribution >= 4 is 46.8 Å². The second kappa shape index (κ2) is 8.21. The Morgan fingerprint density at radius 3 is 2.21 bits per heavy atom. The Morgan fingerprint density at radius 2 is 1.55 bits per heavy atom. The van der Waals surface area contributed by atoms with Crippen LogP contribution >= 0.6 is 35.0 Å². The quantitative estimate of drug-likeness (QED) is 0.639. The molecule has 2 heterocycles. The first-order valence-electron chi connectivity index (χ1n) is 9.67. The Hall–Kier alpha value is -1.69. The van der Waals surface area contributed by atoms with Crippen LogP contribution in [0.1, 0.15) is 39.1 Å². The number of hydrogen-bond donors (Lipinski definition) is 0. The molecule has 4 rings (SSSR count). The molecule has 7 heteroatoms. The van der Waals surface area contributed by atoms with Crippen molar-refractivity contribution in [3.63, 3.8) is 0 Å². The van der Waals surface area contributed by atoms with Gasteiger partial charge in [0.15, 0.2) is 0 Å². The summed E-state index contributed by atoms with van der Waals surface area (Å²) in [5, 5.41) is 0.820. The molecule has 2 aliphatic heterocycles. The fourth-order valence-electron chi connectivity index (χ4n) is 4.03. The van der Waals surface area contributed by atoms with Crippen molar-refractivity contribution in [3.05, 3.63) is 69.2 Å². The SMILES string of the molecule is Cc1ccc(C(=O)N2CCSC23CCN(C(=O)c2ccc(Cl)c(Cl)c2)CC3)cc1. The first-order chi connectivity index (χ1) is 13.9. The molecule has 2 aliphatic rings. The monoisotopic (exact) mass is 448 g/mol. The summed E-state index contributed by atoms with van der Waals surface area (Å²) in [5.74, 6) is 0.968. The van der Waals surface area contributed by atoms with E-state index in [9.17, 15) is 9.59 Å². The summed E-state index contributed by atoms with van der Waals surface area (Å²) in [6.07, 6.45) is 1.53. The van der Waals surface area contributed by atoms with Gasteiger partial charge in [0, 0.05) is 36.5 Å². The molecule has 4 nitrogen and oxygen atoms in total. The van der Waals surface area contributed by atoms with Crippen LogP contribution < -0.4 is 0 Å². The molecule has 0 bridgehead atoms. The minimum absolute atomic E-state index is 0.0437. The van der Waals surface area contributed by atoms with E-state index in [-0.39, 0.29) is 16.7 Å². The summed E-state index contributed by atoms with van der Waals surface area (Å²) in [7, 11) is 0. The lowest BCUT2D eigenvalue weighted by Crippen LogP contribution is -2.53. The molecular weight excluding hydrogens is 427 g/mol. The second-order valence-corrected chi connectivity index (χ2v) is 9.81. The maximum Gasteiger partial charge on any atom is 0.254 e. The van der Waals surface area contributed by atoms with Crippen LogP contribution in [0.4, 0.5) is 0 Å². The van der Waals surface area contributed by atoms with Gasteiger partial charge in [-0.25, -0.2) is 0 Å². The molecule has 2 saturated heterocycles. The third kappa shape index (κ3) is 4.00. The Balaban J connectivity index is 1.47. The van der Waals surface area contributed by atoms with E-state index in [1.54, 1.807) is 18.2 Å². The number of thioether (sulfide) groups is 1. The van der Waals surface area contributed by atoms with E-state index >= 15 is 0 Å². The zero-order chi connectivity index (χ0) is 20.6. The maximum atomic E-state index is 13.1. The molecule has 152 valence electrons. The third-order valence-corrected chi connectivity index (χ3v) is 8.01. The zero-order valence-corrected chi connectivity index (χ0v) is 18.5. The molecule has 0 aliphatic carbocycles. The zero-order valence-electron chi connectivity index (χ0n) is 16.2. The lowest BCUT2D eigenvalue weighted by atomic mass is 10.00. The number of carbonyl (C=O) groups excluding carboxylic acids is 2. The Labute approximate surface area is 185 Å². The number of hydrogen-bond acceptors (Lipinski definition) is 3. The number of likely N-dealkylation sites (tertiary alicyclic amines) is 1. The molecule has 0 radical (unpaired) electrons. The molecule has 0 saturated carbocycles. The fourth-order valence-corrected chi connectivity index (χ4v) is 5.79. The summed E-state index contributed by atoms with van der Waals surface area (Å²) in [6, 6.07) is 12.7. The van der Waals surface area contributed by atoms with Crippen LogP contribution in [-0.4, -0.2) is 51.9 Å². The molecule has 29 heavy (non-hydrogen) atoms. The number of nitrogens with zero attached hydrogens (tertiary/aromatic N) is 2. The molecule has 2 aromatic rings. The number of halogens is 2. The normalized spacial score (nSPS) is 18.3. The Bertz CT molecular complexity index is 940. The number of amides is 2. The van der Waals surface area contributed by atoms with Crippen LogP contribution in [0.5, 0.6) is 0 Å². The van der Waals surface area contributed by atoms with Gasteiger partial charge in [-0.2, -0.15) is 0 Å². The highest BCUT2D eigenvalue weighted by atomic mass is 35.5. The lowest BCUT2D eigenvalue weighted by Gasteiger charge is -2.44. The van der Waals surface area contributed by atoms with Gasteiger partial charge in [-0.3, -0.25) is 9.59 Å². The summed E-state index contributed by atoms with van der Waals surface area (Å²) in [6.45, 7) is 3.99. The van der Waals surface area contributed by atoms with Crippen LogP contribution in [-0.2, 0) is 0 Å². The lowest BCUT2D eigenvalue weighted by molar-refractivity contribution is 0.0498. The van der Waals surface area contributed by atoms with Gasteiger partial charge >= 0.3 is 0 Å². The van der Waals surface area contributed by atoms with Gasteiger partial charge < -0.3 is 9.80 Å². The van der Waals surface area contributed by atoms with Gasteiger partial charge in [-0.15, -0.1) is 11.8 Å². The highest BCUT2D eigenvalue weighted by molar-refractivity contribution is 8.00. The number of rotatable bonds is 2. The van der Waals surface area contributed by atoms with Crippen LogP contribution in [0.2, 0.25) is 10.0 Å². The van der Waals surface area contributed by atoms with Gasteiger partial charge in [0.05, 0.1) is 14.9 Å². The second-order valence-electron chi connectivity index (χ2n) is 7.54. The van der Waals surface area contributed by atoms with Gasteiger partial charge in [0.2, 0.25) is 0 Å². The maximum absolute atomic E-state index is 13.1. The van der Waals surface area contributed by atoms with E-state index in [0.29, 0.717) is 28.7 Å². The highest BCUT2D eigenvalue weighted by Crippen LogP contribution is 2.44. The van der Waals surface area contributed by atoms with Gasteiger partial charge in [-0.1, -0.05) is 40.9 Å². The van der Waals surface area contributed by atoms with E-state index in [1.165, 1.54) is 0 Å². The largest absolute Gasteiger partial charge is 0.338 e. The minimum atomic E-state index is -0.226. The molecule has 0 aromatic heterocycles. The van der Waals surface area contributed by atoms with E-state index in [0.717, 1.165) is 36.3 Å². The fraction of sp³-hybridized carbons (Fsp3) is 0.364. The van der Waals surface area contributed by atoms with E-state index in [4.69, 9.17) is 23.2 Å². The molecule has 0 atom stereocenters. The average molecular weight is 449 g/mol. The smallest absolute Gasteiger partial charge is 0.254 e. The molecule has 0 N–H and O–H groups in total. The van der Waals surface area contributed by atoms with Gasteiger partial charge in [0.25, 0.3) is 11.8 Å². The average Bonchev–Trinajstić information content (AvgIpc) is 3.13. The van der Waals surface area contributed by atoms with Crippen molar-refractivity contribution < 1.29 is 9.59 Å². The molecule has 2 amide bonds. The number of carbonyl (C=O) groups is 2. The van der Waals surface area contributed by atoms with Crippen molar-refractivity contribution in [3.8, 4) is 0 Å². The van der Waals surface area contributed by atoms with Gasteiger partial charge in [-0.05, 0) is 50.1 Å². The first-order valence-corrected chi connectivity index (χ1v) is 11.4. The first kappa shape index (κ1) is 20.6. The van der Waals surface area contributed by atoms with Crippen LogP contribution in [0.25, 0.3) is 0 Å². The van der Waals surface area contributed by atoms with E-state index in [1.807, 2.05) is 52.8 Å². The van der Waals surface area contributed by atoms with Crippen LogP contribution in [0, 0.1) is 6.92 Å². The number of piperidine rings is 1. The third-order valence-electron chi connectivity index (χ3n) is 5.72. The van der Waals surface area contributed by atoms with Crippen molar-refractivity contribution in [1.82, 2.24) is 9.80 Å². The summed E-state index contributed by atoms with van der Waals surface area (Å²) < 4.78 is 0. The molecule has 2 aromatic carbocycles. The summed E-state index contributed by atoms with van der Waals surface area (Å²) >= 11 is 13.9. The van der Waals surface area contributed by atoms with Crippen LogP contribution in [0.3, 0.4) is 0 Å². The predicted molar refractivity (Wildman–Crippen MR) is 119 cm³/mol. The topological polar surface area (TPSA) is 40.6 Å². The van der Waals surface area contributed by atoms with E-state index < -0.39 is 0 Å². The van der Waals surface area contributed by atoms with Gasteiger partial charge in [0.1, 0.15) is 0 Å². The minimum Gasteiger partial charge on any atom is -0.338 e. The van der Waals surface area contributed by atoms with E-state index in [2.05, 4.69) is 0 Å². The van der Waals surface area contributed by atoms with Crippen molar-refractivity contribution in [1.29, 1.82) is 0 Å². The summed E-state index contributed by atoms with van der Waals surface area (Å²) in [4.78, 5) is 29.7.